The molecule has 2 rings (SSSR count). The second-order valence-corrected chi connectivity index (χ2v) is 5.56. The molecule has 1 unspecified atom stereocenters. The van der Waals surface area contributed by atoms with Crippen LogP contribution in [0.4, 0.5) is 10.5 Å². The van der Waals surface area contributed by atoms with Gasteiger partial charge in [0.05, 0.1) is 6.10 Å². The molecule has 0 aliphatic heterocycles. The van der Waals surface area contributed by atoms with Gasteiger partial charge in [-0.3, -0.25) is 0 Å². The van der Waals surface area contributed by atoms with Crippen molar-refractivity contribution in [3.63, 3.8) is 0 Å². The highest BCUT2D eigenvalue weighted by molar-refractivity contribution is 6.32. The molecule has 0 heterocycles. The third-order valence-electron chi connectivity index (χ3n) is 3.33. The SMILES string of the molecule is Cc1cc(NC(=O)NCC(O)c2ccccc2)cc(C)c1Cl. The van der Waals surface area contributed by atoms with Gasteiger partial charge in [-0.15, -0.1) is 0 Å². The van der Waals surface area contributed by atoms with Crippen LogP contribution in [0.1, 0.15) is 22.8 Å². The lowest BCUT2D eigenvalue weighted by molar-refractivity contribution is 0.175. The number of amides is 2. The first-order chi connectivity index (χ1) is 10.5. The van der Waals surface area contributed by atoms with Crippen molar-refractivity contribution in [1.29, 1.82) is 0 Å². The van der Waals surface area contributed by atoms with E-state index in [4.69, 9.17) is 11.6 Å². The van der Waals surface area contributed by atoms with Crippen molar-refractivity contribution >= 4 is 23.3 Å². The molecule has 3 N–H and O–H groups in total. The van der Waals surface area contributed by atoms with Gasteiger partial charge in [-0.25, -0.2) is 4.79 Å². The Labute approximate surface area is 135 Å². The normalized spacial score (nSPS) is 11.8. The summed E-state index contributed by atoms with van der Waals surface area (Å²) in [4.78, 5) is 11.9. The Morgan fingerprint density at radius 1 is 1.18 bits per heavy atom. The van der Waals surface area contributed by atoms with E-state index in [1.807, 2.05) is 56.3 Å². The molecule has 0 saturated heterocycles. The summed E-state index contributed by atoms with van der Waals surface area (Å²) < 4.78 is 0. The standard InChI is InChI=1S/C17H19ClN2O2/c1-11-8-14(9-12(2)16(11)18)20-17(22)19-10-15(21)13-6-4-3-5-7-13/h3-9,15,21H,10H2,1-2H3,(H2,19,20,22). The van der Waals surface area contributed by atoms with Gasteiger partial charge in [0.2, 0.25) is 0 Å². The summed E-state index contributed by atoms with van der Waals surface area (Å²) in [5, 5.41) is 16.1. The maximum absolute atomic E-state index is 11.9. The summed E-state index contributed by atoms with van der Waals surface area (Å²) in [5.74, 6) is 0. The number of aliphatic hydroxyl groups excluding tert-OH is 1. The minimum atomic E-state index is -0.736. The molecule has 5 heteroatoms. The van der Waals surface area contributed by atoms with E-state index in [0.29, 0.717) is 10.7 Å². The van der Waals surface area contributed by atoms with Crippen LogP contribution >= 0.6 is 11.6 Å². The lowest BCUT2D eigenvalue weighted by atomic mass is 10.1. The number of anilines is 1. The first-order valence-corrected chi connectivity index (χ1v) is 7.40. The van der Waals surface area contributed by atoms with E-state index in [9.17, 15) is 9.90 Å². The number of halogens is 1. The van der Waals surface area contributed by atoms with Gasteiger partial charge in [-0.05, 0) is 42.7 Å². The number of aryl methyl sites for hydroxylation is 2. The Morgan fingerprint density at radius 3 is 2.36 bits per heavy atom. The molecule has 0 saturated carbocycles. The zero-order chi connectivity index (χ0) is 16.1. The van der Waals surface area contributed by atoms with Crippen molar-refractivity contribution in [1.82, 2.24) is 5.32 Å². The smallest absolute Gasteiger partial charge is 0.319 e. The molecule has 0 bridgehead atoms. The monoisotopic (exact) mass is 318 g/mol. The predicted molar refractivity (Wildman–Crippen MR) is 89.3 cm³/mol. The zero-order valence-electron chi connectivity index (χ0n) is 12.6. The summed E-state index contributed by atoms with van der Waals surface area (Å²) in [6.45, 7) is 3.91. The first kappa shape index (κ1) is 16.3. The van der Waals surface area contributed by atoms with Crippen molar-refractivity contribution < 1.29 is 9.90 Å². The third-order valence-corrected chi connectivity index (χ3v) is 3.93. The topological polar surface area (TPSA) is 61.4 Å². The lowest BCUT2D eigenvalue weighted by Gasteiger charge is -2.14. The summed E-state index contributed by atoms with van der Waals surface area (Å²) in [6.07, 6.45) is -0.736. The van der Waals surface area contributed by atoms with Crippen LogP contribution < -0.4 is 10.6 Å². The van der Waals surface area contributed by atoms with E-state index in [-0.39, 0.29) is 12.6 Å². The van der Waals surface area contributed by atoms with E-state index in [1.165, 1.54) is 0 Å². The average Bonchev–Trinajstić information content (AvgIpc) is 2.51. The quantitative estimate of drug-likeness (QED) is 0.802. The number of hydrogen-bond acceptors (Lipinski definition) is 2. The van der Waals surface area contributed by atoms with Gasteiger partial charge in [0, 0.05) is 17.3 Å². The molecule has 4 nitrogen and oxygen atoms in total. The van der Waals surface area contributed by atoms with Crippen molar-refractivity contribution in [3.05, 3.63) is 64.2 Å². The van der Waals surface area contributed by atoms with Crippen LogP contribution in [0.25, 0.3) is 0 Å². The molecule has 2 aromatic rings. The minimum Gasteiger partial charge on any atom is -0.387 e. The Bertz CT molecular complexity index is 636. The number of carbonyl (C=O) groups is 1. The van der Waals surface area contributed by atoms with Crippen molar-refractivity contribution in [3.8, 4) is 0 Å². The number of urea groups is 1. The Balaban J connectivity index is 1.91. The second-order valence-electron chi connectivity index (χ2n) is 5.19. The number of benzene rings is 2. The molecule has 0 aromatic heterocycles. The lowest BCUT2D eigenvalue weighted by Crippen LogP contribution is -2.32. The molecule has 0 radical (unpaired) electrons. The number of aliphatic hydroxyl groups is 1. The minimum absolute atomic E-state index is 0.140. The molecular formula is C17H19ClN2O2. The molecule has 22 heavy (non-hydrogen) atoms. The highest BCUT2D eigenvalue weighted by atomic mass is 35.5. The van der Waals surface area contributed by atoms with Crippen LogP contribution in [0.3, 0.4) is 0 Å². The highest BCUT2D eigenvalue weighted by Crippen LogP contribution is 2.24. The van der Waals surface area contributed by atoms with Gasteiger partial charge < -0.3 is 15.7 Å². The van der Waals surface area contributed by atoms with Gasteiger partial charge in [0.25, 0.3) is 0 Å². The van der Waals surface area contributed by atoms with Crippen LogP contribution in [0.5, 0.6) is 0 Å². The Morgan fingerprint density at radius 2 is 1.77 bits per heavy atom. The summed E-state index contributed by atoms with van der Waals surface area (Å²) in [5.41, 5.74) is 3.25. The summed E-state index contributed by atoms with van der Waals surface area (Å²) >= 11 is 6.10. The fourth-order valence-electron chi connectivity index (χ4n) is 2.18. The van der Waals surface area contributed by atoms with E-state index >= 15 is 0 Å². The molecule has 0 fully saturated rings. The third kappa shape index (κ3) is 4.23. The van der Waals surface area contributed by atoms with Crippen molar-refractivity contribution in [2.75, 3.05) is 11.9 Å². The number of carbonyl (C=O) groups excluding carboxylic acids is 1. The molecule has 0 aliphatic rings. The first-order valence-electron chi connectivity index (χ1n) is 7.02. The largest absolute Gasteiger partial charge is 0.387 e. The fraction of sp³-hybridized carbons (Fsp3) is 0.235. The molecule has 116 valence electrons. The Hall–Kier alpha value is -2.04. The fourth-order valence-corrected chi connectivity index (χ4v) is 2.28. The van der Waals surface area contributed by atoms with Crippen LogP contribution in [-0.4, -0.2) is 17.7 Å². The van der Waals surface area contributed by atoms with Gasteiger partial charge in [-0.1, -0.05) is 41.9 Å². The zero-order valence-corrected chi connectivity index (χ0v) is 13.3. The van der Waals surface area contributed by atoms with Gasteiger partial charge in [0.15, 0.2) is 0 Å². The van der Waals surface area contributed by atoms with E-state index in [1.54, 1.807) is 0 Å². The van der Waals surface area contributed by atoms with Crippen LogP contribution in [-0.2, 0) is 0 Å². The molecular weight excluding hydrogens is 300 g/mol. The summed E-state index contributed by atoms with van der Waals surface area (Å²) in [6, 6.07) is 12.4. The maximum atomic E-state index is 11.9. The van der Waals surface area contributed by atoms with E-state index in [2.05, 4.69) is 10.6 Å². The number of nitrogens with one attached hydrogen (secondary N) is 2. The van der Waals surface area contributed by atoms with E-state index in [0.717, 1.165) is 16.7 Å². The average molecular weight is 319 g/mol. The van der Waals surface area contributed by atoms with Crippen LogP contribution in [0.2, 0.25) is 5.02 Å². The molecule has 0 aliphatic carbocycles. The summed E-state index contributed by atoms with van der Waals surface area (Å²) in [7, 11) is 0. The number of rotatable bonds is 4. The maximum Gasteiger partial charge on any atom is 0.319 e. The second kappa shape index (κ2) is 7.29. The predicted octanol–water partition coefficient (Wildman–Crippen LogP) is 3.81. The molecule has 2 amide bonds. The van der Waals surface area contributed by atoms with Gasteiger partial charge in [-0.2, -0.15) is 0 Å². The van der Waals surface area contributed by atoms with Crippen molar-refractivity contribution in [2.24, 2.45) is 0 Å². The molecule has 1 atom stereocenters. The van der Waals surface area contributed by atoms with Gasteiger partial charge in [0.1, 0.15) is 0 Å². The van der Waals surface area contributed by atoms with Crippen LogP contribution in [0.15, 0.2) is 42.5 Å². The molecule has 0 spiro atoms. The van der Waals surface area contributed by atoms with Crippen LogP contribution in [0, 0.1) is 13.8 Å². The number of hydrogen-bond donors (Lipinski definition) is 3. The van der Waals surface area contributed by atoms with E-state index < -0.39 is 6.10 Å². The van der Waals surface area contributed by atoms with Crippen molar-refractivity contribution in [2.45, 2.75) is 20.0 Å². The molecule has 2 aromatic carbocycles. The Kier molecular flexibility index (Phi) is 5.41. The highest BCUT2D eigenvalue weighted by Gasteiger charge is 2.10. The van der Waals surface area contributed by atoms with Gasteiger partial charge >= 0.3 is 6.03 Å².